The van der Waals surface area contributed by atoms with E-state index < -0.39 is 0 Å². The molecule has 2 aliphatic carbocycles. The molecule has 3 nitrogen and oxygen atoms in total. The van der Waals surface area contributed by atoms with Crippen LogP contribution in [0, 0.1) is 0 Å². The second-order valence-electron chi connectivity index (χ2n) is 23.8. The van der Waals surface area contributed by atoms with Crippen molar-refractivity contribution in [2.75, 3.05) is 14.7 Å². The molecule has 1 saturated carbocycles. The molecule has 0 bridgehead atoms. The number of benzene rings is 8. The van der Waals surface area contributed by atoms with Gasteiger partial charge in [0.1, 0.15) is 0 Å². The third kappa shape index (κ3) is 7.07. The summed E-state index contributed by atoms with van der Waals surface area (Å²) < 4.78 is 0. The summed E-state index contributed by atoms with van der Waals surface area (Å²) in [6.07, 6.45) is 6.21. The molecule has 2 aliphatic heterocycles. The minimum absolute atomic E-state index is 0.00742. The van der Waals surface area contributed by atoms with Crippen LogP contribution in [0.2, 0.25) is 0 Å². The van der Waals surface area contributed by atoms with E-state index in [0.717, 1.165) is 17.1 Å². The fraction of sp³-hybridized carbons (Fsp3) is 0.273. The van der Waals surface area contributed by atoms with E-state index in [9.17, 15) is 0 Å². The zero-order chi connectivity index (χ0) is 48.3. The van der Waals surface area contributed by atoms with Crippen LogP contribution < -0.4 is 31.1 Å². The zero-order valence-corrected chi connectivity index (χ0v) is 42.7. The number of hydrogen-bond acceptors (Lipinski definition) is 3. The predicted molar refractivity (Wildman–Crippen MR) is 301 cm³/mol. The van der Waals surface area contributed by atoms with Gasteiger partial charge in [0.15, 0.2) is 0 Å². The van der Waals surface area contributed by atoms with Crippen molar-refractivity contribution in [1.82, 2.24) is 0 Å². The van der Waals surface area contributed by atoms with Crippen molar-refractivity contribution in [1.29, 1.82) is 0 Å². The highest BCUT2D eigenvalue weighted by atomic mass is 15.2. The Labute approximate surface area is 417 Å². The van der Waals surface area contributed by atoms with Crippen LogP contribution in [0.15, 0.2) is 176 Å². The molecule has 2 heterocycles. The average molecular weight is 912 g/mol. The minimum atomic E-state index is -0.129. The van der Waals surface area contributed by atoms with E-state index in [1.165, 1.54) is 122 Å². The number of para-hydroxylation sites is 2. The van der Waals surface area contributed by atoms with Crippen molar-refractivity contribution in [3.63, 3.8) is 0 Å². The Kier molecular flexibility index (Phi) is 10.2. The maximum absolute atomic E-state index is 2.68. The van der Waals surface area contributed by atoms with E-state index in [4.69, 9.17) is 0 Å². The maximum atomic E-state index is 2.68. The summed E-state index contributed by atoms with van der Waals surface area (Å²) in [5.41, 5.74) is 24.6. The van der Waals surface area contributed by atoms with E-state index in [1.54, 1.807) is 0 Å². The van der Waals surface area contributed by atoms with E-state index in [1.807, 2.05) is 0 Å². The Morgan fingerprint density at radius 2 is 0.957 bits per heavy atom. The normalized spacial score (nSPS) is 15.5. The molecular formula is C66H66BN3. The summed E-state index contributed by atoms with van der Waals surface area (Å²) in [7, 11) is 0. The molecule has 0 radical (unpaired) electrons. The lowest BCUT2D eigenvalue weighted by molar-refractivity contribution is 0.353. The van der Waals surface area contributed by atoms with Crippen LogP contribution in [0.1, 0.15) is 122 Å². The molecule has 4 aliphatic rings. The molecule has 0 N–H and O–H groups in total. The Morgan fingerprint density at radius 3 is 1.59 bits per heavy atom. The Bertz CT molecular complexity index is 3270. The van der Waals surface area contributed by atoms with Crippen molar-refractivity contribution in [3.05, 3.63) is 204 Å². The summed E-state index contributed by atoms with van der Waals surface area (Å²) >= 11 is 0. The van der Waals surface area contributed by atoms with Gasteiger partial charge in [-0.2, -0.15) is 0 Å². The van der Waals surface area contributed by atoms with Gasteiger partial charge in [0, 0.05) is 56.6 Å². The third-order valence-electron chi connectivity index (χ3n) is 16.3. The van der Waals surface area contributed by atoms with Gasteiger partial charge in [-0.1, -0.05) is 179 Å². The first kappa shape index (κ1) is 44.4. The standard InChI is InChI=1S/C66H66BN3/c1-63(2,3)44-27-30-49(31-28-44)69-58-36-29-45(64(4,5)6)39-57(58)67-56-35-33-51(68(47-21-13-10-14-22-47)48-23-15-11-16-24-48)43-59(56)70(61-41-46(65(7,8)9)40-60(69)62(61)67)50-32-34-53-52-25-17-18-26-54(52)66(55(53)42-50)37-19-12-20-38-66/h10-11,13-18,21-36,39-43H,12,19-20,37-38H2,1-9H3. The van der Waals surface area contributed by atoms with Crippen molar-refractivity contribution in [2.24, 2.45) is 0 Å². The SMILES string of the molecule is CC(C)(C)c1ccc(N2c3ccc(C(C)(C)C)cc3B3c4ccc(N(c5ccccc5)c5ccccc5)cc4N(c4ccc5c(c4)C4(CCCCC4)c4ccccc4-5)c4cc(C(C)(C)C)cc2c43)cc1. The molecule has 4 heteroatoms. The fourth-order valence-electron chi connectivity index (χ4n) is 12.6. The van der Waals surface area contributed by atoms with Crippen molar-refractivity contribution in [3.8, 4) is 11.1 Å². The summed E-state index contributed by atoms with van der Waals surface area (Å²) in [5, 5.41) is 0. The second-order valence-corrected chi connectivity index (χ2v) is 23.8. The van der Waals surface area contributed by atoms with Crippen LogP contribution in [0.4, 0.5) is 51.2 Å². The van der Waals surface area contributed by atoms with Crippen LogP contribution in [0.25, 0.3) is 11.1 Å². The molecule has 0 atom stereocenters. The van der Waals surface area contributed by atoms with Crippen LogP contribution in [0.3, 0.4) is 0 Å². The summed E-state index contributed by atoms with van der Waals surface area (Å²) in [5.74, 6) is 0. The molecule has 0 unspecified atom stereocenters. The maximum Gasteiger partial charge on any atom is 0.252 e. The summed E-state index contributed by atoms with van der Waals surface area (Å²) in [6.45, 7) is 21.1. The first-order chi connectivity index (χ1) is 33.6. The number of fused-ring (bicyclic) bond motifs is 9. The Morgan fingerprint density at radius 1 is 0.400 bits per heavy atom. The molecule has 8 aromatic rings. The number of nitrogens with zero attached hydrogens (tertiary/aromatic N) is 3. The molecule has 348 valence electrons. The molecule has 12 rings (SSSR count). The first-order valence-electron chi connectivity index (χ1n) is 25.9. The molecule has 1 spiro atoms. The van der Waals surface area contributed by atoms with Crippen LogP contribution in [-0.2, 0) is 21.7 Å². The van der Waals surface area contributed by atoms with Gasteiger partial charge in [-0.3, -0.25) is 0 Å². The first-order valence-corrected chi connectivity index (χ1v) is 25.9. The second kappa shape index (κ2) is 16.1. The number of rotatable bonds is 5. The van der Waals surface area contributed by atoms with Crippen molar-refractivity contribution in [2.45, 2.75) is 116 Å². The van der Waals surface area contributed by atoms with Crippen LogP contribution in [-0.4, -0.2) is 6.71 Å². The van der Waals surface area contributed by atoms with Crippen molar-refractivity contribution < 1.29 is 0 Å². The largest absolute Gasteiger partial charge is 0.311 e. The molecule has 0 amide bonds. The fourth-order valence-corrected chi connectivity index (χ4v) is 12.6. The van der Waals surface area contributed by atoms with E-state index in [0.29, 0.717) is 0 Å². The topological polar surface area (TPSA) is 9.72 Å². The molecule has 70 heavy (non-hydrogen) atoms. The van der Waals surface area contributed by atoms with Gasteiger partial charge in [0.25, 0.3) is 6.71 Å². The lowest BCUT2D eigenvalue weighted by atomic mass is 9.33. The number of anilines is 9. The lowest BCUT2D eigenvalue weighted by Crippen LogP contribution is -2.61. The molecule has 0 aromatic heterocycles. The van der Waals surface area contributed by atoms with Gasteiger partial charge >= 0.3 is 0 Å². The zero-order valence-electron chi connectivity index (χ0n) is 42.7. The molecule has 8 aromatic carbocycles. The smallest absolute Gasteiger partial charge is 0.252 e. The summed E-state index contributed by atoms with van der Waals surface area (Å²) in [4.78, 5) is 7.70. The van der Waals surface area contributed by atoms with Gasteiger partial charge < -0.3 is 14.7 Å². The Hall–Kier alpha value is -6.78. The highest BCUT2D eigenvalue weighted by Gasteiger charge is 2.47. The lowest BCUT2D eigenvalue weighted by Gasteiger charge is -2.46. The monoisotopic (exact) mass is 912 g/mol. The highest BCUT2D eigenvalue weighted by Crippen LogP contribution is 2.57. The van der Waals surface area contributed by atoms with E-state index in [-0.39, 0.29) is 28.4 Å². The third-order valence-corrected chi connectivity index (χ3v) is 16.3. The number of hydrogen-bond donors (Lipinski definition) is 0. The summed E-state index contributed by atoms with van der Waals surface area (Å²) in [6, 6.07) is 67.9. The highest BCUT2D eigenvalue weighted by molar-refractivity contribution is 7.00. The van der Waals surface area contributed by atoms with Crippen LogP contribution >= 0.6 is 0 Å². The van der Waals surface area contributed by atoms with Crippen molar-refractivity contribution >= 4 is 74.3 Å². The van der Waals surface area contributed by atoms with Gasteiger partial charge in [-0.05, 0) is 163 Å². The van der Waals surface area contributed by atoms with Gasteiger partial charge in [0.05, 0.1) is 0 Å². The molecule has 1 fully saturated rings. The van der Waals surface area contributed by atoms with E-state index >= 15 is 0 Å². The molecular weight excluding hydrogens is 846 g/mol. The molecule has 0 saturated heterocycles. The minimum Gasteiger partial charge on any atom is -0.311 e. The van der Waals surface area contributed by atoms with Crippen LogP contribution in [0.5, 0.6) is 0 Å². The average Bonchev–Trinajstić information content (AvgIpc) is 3.61. The van der Waals surface area contributed by atoms with Gasteiger partial charge in [0.2, 0.25) is 0 Å². The van der Waals surface area contributed by atoms with E-state index in [2.05, 4.69) is 253 Å². The predicted octanol–water partition coefficient (Wildman–Crippen LogP) is 16.4. The van der Waals surface area contributed by atoms with Gasteiger partial charge in [-0.25, -0.2) is 0 Å². The van der Waals surface area contributed by atoms with Gasteiger partial charge in [-0.15, -0.1) is 0 Å². The quantitative estimate of drug-likeness (QED) is 0.159. The Balaban J connectivity index is 1.18.